The molecule has 0 radical (unpaired) electrons. The largest absolute Gasteiger partial charge is 0.440 e. The van der Waals surface area contributed by atoms with Crippen molar-refractivity contribution in [1.29, 1.82) is 0 Å². The molecule has 0 atom stereocenters. The molecule has 0 bridgehead atoms. The van der Waals surface area contributed by atoms with Crippen LogP contribution in [0.1, 0.15) is 35.8 Å². The van der Waals surface area contributed by atoms with E-state index in [1.54, 1.807) is 18.3 Å². The minimum Gasteiger partial charge on any atom is -0.440 e. The van der Waals surface area contributed by atoms with E-state index in [-0.39, 0.29) is 12.5 Å². The highest BCUT2D eigenvalue weighted by Crippen LogP contribution is 2.40. The van der Waals surface area contributed by atoms with Crippen LogP contribution in [0.3, 0.4) is 0 Å². The summed E-state index contributed by atoms with van der Waals surface area (Å²) in [5.41, 5.74) is 3.71. The van der Waals surface area contributed by atoms with Crippen molar-refractivity contribution in [3.05, 3.63) is 71.7 Å². The Labute approximate surface area is 174 Å². The van der Waals surface area contributed by atoms with Gasteiger partial charge in [0.05, 0.1) is 12.7 Å². The van der Waals surface area contributed by atoms with Gasteiger partial charge in [-0.05, 0) is 49.6 Å². The van der Waals surface area contributed by atoms with Gasteiger partial charge in [0.1, 0.15) is 0 Å². The molecule has 1 saturated carbocycles. The van der Waals surface area contributed by atoms with E-state index in [1.165, 1.54) is 0 Å². The van der Waals surface area contributed by atoms with Crippen LogP contribution in [0.25, 0.3) is 11.3 Å². The number of nitrogens with one attached hydrogen (secondary N) is 3. The van der Waals surface area contributed by atoms with Crippen LogP contribution >= 0.6 is 0 Å². The molecule has 1 aromatic heterocycles. The van der Waals surface area contributed by atoms with Gasteiger partial charge < -0.3 is 20.4 Å². The Bertz CT molecular complexity index is 1020. The maximum atomic E-state index is 12.1. The fourth-order valence-corrected chi connectivity index (χ4v) is 2.97. The predicted molar refractivity (Wildman–Crippen MR) is 114 cm³/mol. The van der Waals surface area contributed by atoms with Gasteiger partial charge in [-0.2, -0.15) is 0 Å². The van der Waals surface area contributed by atoms with Crippen LogP contribution in [0, 0.1) is 6.92 Å². The molecule has 7 heteroatoms. The number of urea groups is 1. The van der Waals surface area contributed by atoms with E-state index in [0.29, 0.717) is 18.2 Å². The van der Waals surface area contributed by atoms with Crippen LogP contribution in [-0.4, -0.2) is 23.5 Å². The van der Waals surface area contributed by atoms with Crippen LogP contribution in [0.4, 0.5) is 10.5 Å². The van der Waals surface area contributed by atoms with Gasteiger partial charge in [0.25, 0.3) is 0 Å². The van der Waals surface area contributed by atoms with Crippen molar-refractivity contribution in [3.8, 4) is 11.3 Å². The highest BCUT2D eigenvalue weighted by molar-refractivity contribution is 5.94. The van der Waals surface area contributed by atoms with Gasteiger partial charge in [-0.15, -0.1) is 0 Å². The van der Waals surface area contributed by atoms with Crippen molar-refractivity contribution >= 4 is 17.6 Å². The van der Waals surface area contributed by atoms with Crippen molar-refractivity contribution in [2.75, 3.05) is 11.9 Å². The van der Waals surface area contributed by atoms with Crippen LogP contribution in [-0.2, 0) is 11.3 Å². The van der Waals surface area contributed by atoms with E-state index in [4.69, 9.17) is 4.42 Å². The quantitative estimate of drug-likeness (QED) is 0.555. The fourth-order valence-electron chi connectivity index (χ4n) is 2.97. The van der Waals surface area contributed by atoms with Crippen molar-refractivity contribution in [3.63, 3.8) is 0 Å². The van der Waals surface area contributed by atoms with Crippen molar-refractivity contribution < 1.29 is 14.0 Å². The van der Waals surface area contributed by atoms with E-state index in [2.05, 4.69) is 20.9 Å². The first-order chi connectivity index (χ1) is 14.6. The number of nitrogens with zero attached hydrogens (tertiary/aromatic N) is 1. The topological polar surface area (TPSA) is 96.3 Å². The number of aromatic nitrogens is 1. The van der Waals surface area contributed by atoms with E-state index >= 15 is 0 Å². The first-order valence-electron chi connectivity index (χ1n) is 10.00. The van der Waals surface area contributed by atoms with Gasteiger partial charge in [0.15, 0.2) is 11.7 Å². The van der Waals surface area contributed by atoms with E-state index in [0.717, 1.165) is 41.2 Å². The van der Waals surface area contributed by atoms with Gasteiger partial charge in [-0.3, -0.25) is 4.79 Å². The third-order valence-corrected chi connectivity index (χ3v) is 4.89. The van der Waals surface area contributed by atoms with E-state index < -0.39 is 6.03 Å². The fraction of sp³-hybridized carbons (Fsp3) is 0.261. The number of carbonyl (C=O) groups is 2. The van der Waals surface area contributed by atoms with Crippen LogP contribution in [0.15, 0.2) is 59.1 Å². The number of aryl methyl sites for hydroxylation is 1. The lowest BCUT2D eigenvalue weighted by molar-refractivity contribution is -0.115. The Morgan fingerprint density at radius 1 is 1.03 bits per heavy atom. The highest BCUT2D eigenvalue weighted by Gasteiger charge is 2.28. The lowest BCUT2D eigenvalue weighted by Crippen LogP contribution is -2.39. The first kappa shape index (κ1) is 19.7. The van der Waals surface area contributed by atoms with E-state index in [1.807, 2.05) is 43.3 Å². The summed E-state index contributed by atoms with van der Waals surface area (Å²) in [7, 11) is 0. The van der Waals surface area contributed by atoms with Crippen LogP contribution in [0.5, 0.6) is 0 Å². The number of oxazole rings is 1. The maximum absolute atomic E-state index is 12.1. The first-order valence-corrected chi connectivity index (χ1v) is 10.00. The number of hydrogen-bond donors (Lipinski definition) is 3. The molecule has 1 aliphatic rings. The van der Waals surface area contributed by atoms with Crippen molar-refractivity contribution in [2.45, 2.75) is 32.2 Å². The molecule has 3 N–H and O–H groups in total. The molecule has 0 saturated heterocycles. The average molecular weight is 404 g/mol. The second kappa shape index (κ2) is 8.82. The zero-order valence-electron chi connectivity index (χ0n) is 16.8. The summed E-state index contributed by atoms with van der Waals surface area (Å²) in [6.45, 7) is 2.29. The third-order valence-electron chi connectivity index (χ3n) is 4.89. The summed E-state index contributed by atoms with van der Waals surface area (Å²) >= 11 is 0. The molecule has 1 fully saturated rings. The van der Waals surface area contributed by atoms with Crippen molar-refractivity contribution in [2.24, 2.45) is 0 Å². The predicted octanol–water partition coefficient (Wildman–Crippen LogP) is 3.97. The zero-order chi connectivity index (χ0) is 20.9. The van der Waals surface area contributed by atoms with Gasteiger partial charge >= 0.3 is 6.03 Å². The Morgan fingerprint density at radius 3 is 2.47 bits per heavy atom. The molecule has 1 aliphatic carbocycles. The summed E-state index contributed by atoms with van der Waals surface area (Å²) < 4.78 is 5.79. The molecule has 30 heavy (non-hydrogen) atoms. The Morgan fingerprint density at radius 2 is 1.77 bits per heavy atom. The van der Waals surface area contributed by atoms with Gasteiger partial charge in [0.2, 0.25) is 5.91 Å². The SMILES string of the molecule is Cc1ccc(CNC(=O)NCC(=O)Nc2ccc(-c3cnc(C4CC4)o3)cc2)cc1. The average Bonchev–Trinajstić information content (AvgIpc) is 3.49. The number of rotatable bonds is 7. The molecular formula is C23H24N4O3. The van der Waals surface area contributed by atoms with Crippen molar-refractivity contribution in [1.82, 2.24) is 15.6 Å². The lowest BCUT2D eigenvalue weighted by atomic mass is 10.1. The number of benzene rings is 2. The zero-order valence-corrected chi connectivity index (χ0v) is 16.8. The molecule has 1 heterocycles. The standard InChI is InChI=1S/C23H24N4O3/c1-15-2-4-16(5-3-15)12-25-23(29)26-14-21(28)27-19-10-8-17(9-11-19)20-13-24-22(30-20)18-6-7-18/h2-5,8-11,13,18H,6-7,12,14H2,1H3,(H,27,28)(H2,25,26,29). The van der Waals surface area contributed by atoms with Gasteiger partial charge in [-0.25, -0.2) is 9.78 Å². The summed E-state index contributed by atoms with van der Waals surface area (Å²) in [5.74, 6) is 1.69. The van der Waals surface area contributed by atoms with E-state index in [9.17, 15) is 9.59 Å². The summed E-state index contributed by atoms with van der Waals surface area (Å²) in [5, 5.41) is 8.05. The van der Waals surface area contributed by atoms with Crippen LogP contribution < -0.4 is 16.0 Å². The minimum atomic E-state index is -0.391. The smallest absolute Gasteiger partial charge is 0.315 e. The molecule has 2 aromatic carbocycles. The Balaban J connectivity index is 1.21. The van der Waals surface area contributed by atoms with Gasteiger partial charge in [0, 0.05) is 23.7 Å². The second-order valence-corrected chi connectivity index (χ2v) is 7.48. The summed E-state index contributed by atoms with van der Waals surface area (Å²) in [6.07, 6.45) is 4.02. The highest BCUT2D eigenvalue weighted by atomic mass is 16.4. The molecule has 3 aromatic rings. The molecular weight excluding hydrogens is 380 g/mol. The summed E-state index contributed by atoms with van der Waals surface area (Å²) in [4.78, 5) is 28.3. The normalized spacial score (nSPS) is 13.0. The molecule has 0 spiro atoms. The van der Waals surface area contributed by atoms with Crippen LogP contribution in [0.2, 0.25) is 0 Å². The number of anilines is 1. The molecule has 3 amide bonds. The maximum Gasteiger partial charge on any atom is 0.315 e. The minimum absolute atomic E-state index is 0.117. The number of hydrogen-bond acceptors (Lipinski definition) is 4. The third kappa shape index (κ3) is 5.26. The van der Waals surface area contributed by atoms with Gasteiger partial charge in [-0.1, -0.05) is 29.8 Å². The molecule has 154 valence electrons. The number of carbonyl (C=O) groups excluding carboxylic acids is 2. The second-order valence-electron chi connectivity index (χ2n) is 7.48. The molecule has 0 aliphatic heterocycles. The Hall–Kier alpha value is -3.61. The monoisotopic (exact) mass is 404 g/mol. The molecule has 7 nitrogen and oxygen atoms in total. The number of amides is 3. The summed E-state index contributed by atoms with van der Waals surface area (Å²) in [6, 6.07) is 14.8. The lowest BCUT2D eigenvalue weighted by Gasteiger charge is -2.09. The Kier molecular flexibility index (Phi) is 5.79. The molecule has 4 rings (SSSR count). The molecule has 0 unspecified atom stereocenters.